The molecule has 0 saturated heterocycles. The van der Waals surface area contributed by atoms with Crippen molar-refractivity contribution in [2.45, 2.75) is 6.42 Å². The number of carbonyl (C=O) groups is 2. The number of hydrogen-bond acceptors (Lipinski definition) is 4. The van der Waals surface area contributed by atoms with E-state index in [-0.39, 0.29) is 5.91 Å². The first kappa shape index (κ1) is 14.7. The molecule has 2 heterocycles. The summed E-state index contributed by atoms with van der Waals surface area (Å²) >= 11 is 2.72. The van der Waals surface area contributed by atoms with E-state index in [0.29, 0.717) is 22.7 Å². The van der Waals surface area contributed by atoms with Crippen LogP contribution < -0.4 is 5.32 Å². The summed E-state index contributed by atoms with van der Waals surface area (Å²) in [6.45, 7) is 0.493. The van der Waals surface area contributed by atoms with Crippen molar-refractivity contribution in [3.05, 3.63) is 57.1 Å². The Bertz CT molecular complexity index is 802. The third kappa shape index (κ3) is 3.18. The second-order valence-corrected chi connectivity index (χ2v) is 6.98. The number of carbonyl (C=O) groups excluding carboxylic acids is 1. The molecule has 112 valence electrons. The molecule has 0 radical (unpaired) electrons. The number of carboxylic acid groups (broad SMARTS) is 1. The highest BCUT2D eigenvalue weighted by Gasteiger charge is 2.10. The fraction of sp³-hybridized carbons (Fsp3) is 0.125. The van der Waals surface area contributed by atoms with Crippen molar-refractivity contribution >= 4 is 44.6 Å². The van der Waals surface area contributed by atoms with E-state index in [1.165, 1.54) is 22.7 Å². The molecular weight excluding hydrogens is 318 g/mol. The van der Waals surface area contributed by atoms with Crippen LogP contribution in [0.4, 0.5) is 0 Å². The molecule has 3 aromatic rings. The molecule has 2 aromatic heterocycles. The Morgan fingerprint density at radius 1 is 1.05 bits per heavy atom. The summed E-state index contributed by atoms with van der Waals surface area (Å²) < 4.78 is 1.09. The first-order chi connectivity index (χ1) is 10.6. The lowest BCUT2D eigenvalue weighted by Gasteiger charge is -2.01. The van der Waals surface area contributed by atoms with Gasteiger partial charge in [-0.1, -0.05) is 18.2 Å². The Hall–Kier alpha value is -2.18. The van der Waals surface area contributed by atoms with E-state index in [1.807, 2.05) is 30.3 Å². The number of aromatic carboxylic acids is 1. The highest BCUT2D eigenvalue weighted by atomic mass is 32.1. The average molecular weight is 331 g/mol. The first-order valence-electron chi connectivity index (χ1n) is 6.72. The van der Waals surface area contributed by atoms with Gasteiger partial charge in [-0.15, -0.1) is 22.7 Å². The molecule has 0 saturated carbocycles. The Labute approximate surface area is 135 Å². The summed E-state index contributed by atoms with van der Waals surface area (Å²) in [6, 6.07) is 13.2. The number of fused-ring (bicyclic) bond motifs is 1. The normalized spacial score (nSPS) is 10.7. The van der Waals surface area contributed by atoms with Gasteiger partial charge in [0, 0.05) is 16.1 Å². The van der Waals surface area contributed by atoms with Crippen molar-refractivity contribution in [3.8, 4) is 0 Å². The maximum absolute atomic E-state index is 12.1. The van der Waals surface area contributed by atoms with Gasteiger partial charge in [-0.05, 0) is 36.1 Å². The summed E-state index contributed by atoms with van der Waals surface area (Å²) in [4.78, 5) is 24.9. The molecule has 0 aliphatic rings. The Kier molecular flexibility index (Phi) is 4.22. The van der Waals surface area contributed by atoms with Crippen LogP contribution in [-0.2, 0) is 6.42 Å². The van der Waals surface area contributed by atoms with Gasteiger partial charge in [-0.3, -0.25) is 4.79 Å². The molecule has 0 aliphatic carbocycles. The van der Waals surface area contributed by atoms with E-state index in [4.69, 9.17) is 5.11 Å². The minimum Gasteiger partial charge on any atom is -0.477 e. The average Bonchev–Trinajstić information content (AvgIpc) is 3.13. The van der Waals surface area contributed by atoms with Crippen LogP contribution in [0.15, 0.2) is 42.5 Å². The van der Waals surface area contributed by atoms with Crippen molar-refractivity contribution in [2.75, 3.05) is 6.54 Å². The van der Waals surface area contributed by atoms with Crippen LogP contribution in [0.3, 0.4) is 0 Å². The summed E-state index contributed by atoms with van der Waals surface area (Å²) in [5.74, 6) is -0.998. The largest absolute Gasteiger partial charge is 0.477 e. The summed E-state index contributed by atoms with van der Waals surface area (Å²) in [5.41, 5.74) is 0. The number of carboxylic acids is 1. The van der Waals surface area contributed by atoms with Gasteiger partial charge >= 0.3 is 5.97 Å². The summed E-state index contributed by atoms with van der Waals surface area (Å²) in [6.07, 6.45) is 0.634. The SMILES string of the molecule is O=C(O)c1ccc(CCNC(=O)c2cc3ccccc3s2)s1. The zero-order chi connectivity index (χ0) is 15.5. The molecule has 0 atom stereocenters. The minimum atomic E-state index is -0.912. The lowest BCUT2D eigenvalue weighted by molar-refractivity contribution is 0.0702. The Morgan fingerprint density at radius 3 is 2.59 bits per heavy atom. The first-order valence-corrected chi connectivity index (χ1v) is 8.35. The van der Waals surface area contributed by atoms with Crippen LogP contribution in [0.25, 0.3) is 10.1 Å². The molecule has 0 unspecified atom stereocenters. The quantitative estimate of drug-likeness (QED) is 0.750. The van der Waals surface area contributed by atoms with Crippen LogP contribution in [0.1, 0.15) is 24.2 Å². The summed E-state index contributed by atoms with van der Waals surface area (Å²) in [7, 11) is 0. The molecule has 2 N–H and O–H groups in total. The highest BCUT2D eigenvalue weighted by molar-refractivity contribution is 7.20. The zero-order valence-corrected chi connectivity index (χ0v) is 13.2. The smallest absolute Gasteiger partial charge is 0.345 e. The molecule has 1 aromatic carbocycles. The van der Waals surface area contributed by atoms with Gasteiger partial charge in [0.25, 0.3) is 5.91 Å². The van der Waals surface area contributed by atoms with Gasteiger partial charge in [0.2, 0.25) is 0 Å². The van der Waals surface area contributed by atoms with Crippen molar-refractivity contribution in [1.29, 1.82) is 0 Å². The van der Waals surface area contributed by atoms with Crippen molar-refractivity contribution in [2.24, 2.45) is 0 Å². The van der Waals surface area contributed by atoms with Crippen molar-refractivity contribution < 1.29 is 14.7 Å². The van der Waals surface area contributed by atoms with Crippen molar-refractivity contribution in [3.63, 3.8) is 0 Å². The van der Waals surface area contributed by atoms with Gasteiger partial charge < -0.3 is 10.4 Å². The van der Waals surface area contributed by atoms with Crippen LogP contribution in [0.2, 0.25) is 0 Å². The molecule has 4 nitrogen and oxygen atoms in total. The second-order valence-electron chi connectivity index (χ2n) is 4.73. The third-order valence-electron chi connectivity index (χ3n) is 3.18. The van der Waals surface area contributed by atoms with Crippen LogP contribution in [0, 0.1) is 0 Å². The molecule has 0 spiro atoms. The molecule has 3 rings (SSSR count). The maximum Gasteiger partial charge on any atom is 0.345 e. The van der Waals surface area contributed by atoms with Gasteiger partial charge in [0.15, 0.2) is 0 Å². The van der Waals surface area contributed by atoms with Gasteiger partial charge in [0.1, 0.15) is 4.88 Å². The highest BCUT2D eigenvalue weighted by Crippen LogP contribution is 2.25. The molecule has 0 bridgehead atoms. The molecular formula is C16H13NO3S2. The number of hydrogen-bond donors (Lipinski definition) is 2. The minimum absolute atomic E-state index is 0.0868. The maximum atomic E-state index is 12.1. The lowest BCUT2D eigenvalue weighted by Crippen LogP contribution is -2.24. The second kappa shape index (κ2) is 6.29. The van der Waals surface area contributed by atoms with Gasteiger partial charge in [-0.25, -0.2) is 4.79 Å². The molecule has 22 heavy (non-hydrogen) atoms. The standard InChI is InChI=1S/C16H13NO3S2/c18-15(14-9-10-3-1-2-4-12(10)22-14)17-8-7-11-5-6-13(21-11)16(19)20/h1-6,9H,7-8H2,(H,17,18)(H,19,20). The van der Waals surface area contributed by atoms with E-state index in [1.54, 1.807) is 12.1 Å². The topological polar surface area (TPSA) is 66.4 Å². The van der Waals surface area contributed by atoms with E-state index in [0.717, 1.165) is 15.0 Å². The van der Waals surface area contributed by atoms with Crippen LogP contribution in [0.5, 0.6) is 0 Å². The van der Waals surface area contributed by atoms with E-state index >= 15 is 0 Å². The van der Waals surface area contributed by atoms with Crippen molar-refractivity contribution in [1.82, 2.24) is 5.32 Å². The van der Waals surface area contributed by atoms with E-state index in [9.17, 15) is 9.59 Å². The van der Waals surface area contributed by atoms with Crippen LogP contribution >= 0.6 is 22.7 Å². The third-order valence-corrected chi connectivity index (χ3v) is 5.43. The monoisotopic (exact) mass is 331 g/mol. The fourth-order valence-corrected chi connectivity index (χ4v) is 3.93. The van der Waals surface area contributed by atoms with Gasteiger partial charge in [-0.2, -0.15) is 0 Å². The Morgan fingerprint density at radius 2 is 1.86 bits per heavy atom. The number of thiophene rings is 2. The zero-order valence-electron chi connectivity index (χ0n) is 11.5. The van der Waals surface area contributed by atoms with E-state index in [2.05, 4.69) is 5.32 Å². The number of benzene rings is 1. The fourth-order valence-electron chi connectivity index (χ4n) is 2.11. The summed E-state index contributed by atoms with van der Waals surface area (Å²) in [5, 5.41) is 12.8. The number of rotatable bonds is 5. The molecule has 0 fully saturated rings. The van der Waals surface area contributed by atoms with Gasteiger partial charge in [0.05, 0.1) is 4.88 Å². The Balaban J connectivity index is 1.58. The lowest BCUT2D eigenvalue weighted by atomic mass is 10.2. The van der Waals surface area contributed by atoms with Crippen LogP contribution in [-0.4, -0.2) is 23.5 Å². The number of amides is 1. The molecule has 6 heteroatoms. The molecule has 1 amide bonds. The molecule has 0 aliphatic heterocycles. The predicted molar refractivity (Wildman–Crippen MR) is 89.1 cm³/mol. The van der Waals surface area contributed by atoms with E-state index < -0.39 is 5.97 Å². The number of nitrogens with one attached hydrogen (secondary N) is 1. The predicted octanol–water partition coefficient (Wildman–Crippen LogP) is 3.63.